The fraction of sp³-hybridized carbons (Fsp3) is 0.120. The quantitative estimate of drug-likeness (QED) is 0.435. The Labute approximate surface area is 175 Å². The average molecular weight is 399 g/mol. The SMILES string of the molecule is Cc1ccc(-c2nc(NC(=O)C(c3ccccc3)c3ccccc3)sc2C)cc1. The number of hydrogen-bond donors (Lipinski definition) is 1. The van der Waals surface area contributed by atoms with E-state index in [1.807, 2.05) is 67.6 Å². The molecule has 4 aromatic rings. The molecule has 0 aliphatic rings. The van der Waals surface area contributed by atoms with Gasteiger partial charge in [-0.15, -0.1) is 11.3 Å². The zero-order valence-electron chi connectivity index (χ0n) is 16.4. The molecule has 3 nitrogen and oxygen atoms in total. The molecule has 4 heteroatoms. The Morgan fingerprint density at radius 3 is 1.93 bits per heavy atom. The van der Waals surface area contributed by atoms with Crippen LogP contribution in [0, 0.1) is 13.8 Å². The fourth-order valence-electron chi connectivity index (χ4n) is 3.39. The van der Waals surface area contributed by atoms with Gasteiger partial charge in [-0.1, -0.05) is 90.5 Å². The van der Waals surface area contributed by atoms with Gasteiger partial charge in [0.2, 0.25) is 5.91 Å². The van der Waals surface area contributed by atoms with E-state index in [9.17, 15) is 4.79 Å². The molecule has 29 heavy (non-hydrogen) atoms. The summed E-state index contributed by atoms with van der Waals surface area (Å²) in [4.78, 5) is 19.1. The van der Waals surface area contributed by atoms with Crippen LogP contribution in [0.25, 0.3) is 11.3 Å². The van der Waals surface area contributed by atoms with Gasteiger partial charge < -0.3 is 5.32 Å². The summed E-state index contributed by atoms with van der Waals surface area (Å²) in [5.41, 5.74) is 5.11. The number of carbonyl (C=O) groups is 1. The minimum atomic E-state index is -0.385. The molecule has 0 spiro atoms. The molecule has 0 radical (unpaired) electrons. The number of carbonyl (C=O) groups excluding carboxylic acids is 1. The smallest absolute Gasteiger partial charge is 0.238 e. The molecule has 1 heterocycles. The van der Waals surface area contributed by atoms with E-state index in [4.69, 9.17) is 4.98 Å². The molecule has 0 bridgehead atoms. The summed E-state index contributed by atoms with van der Waals surface area (Å²) in [6.45, 7) is 4.10. The minimum absolute atomic E-state index is 0.0772. The third kappa shape index (κ3) is 4.28. The molecule has 4 rings (SSSR count). The van der Waals surface area contributed by atoms with Crippen LogP contribution in [0.4, 0.5) is 5.13 Å². The topological polar surface area (TPSA) is 42.0 Å². The van der Waals surface area contributed by atoms with Gasteiger partial charge in [0.1, 0.15) is 0 Å². The van der Waals surface area contributed by atoms with Crippen LogP contribution in [0.1, 0.15) is 27.5 Å². The molecule has 0 saturated carbocycles. The zero-order chi connectivity index (χ0) is 20.2. The van der Waals surface area contributed by atoms with Crippen LogP contribution in [0.5, 0.6) is 0 Å². The van der Waals surface area contributed by atoms with Crippen molar-refractivity contribution in [3.63, 3.8) is 0 Å². The van der Waals surface area contributed by atoms with Gasteiger partial charge in [-0.3, -0.25) is 4.79 Å². The lowest BCUT2D eigenvalue weighted by atomic mass is 9.90. The third-order valence-electron chi connectivity index (χ3n) is 4.88. The van der Waals surface area contributed by atoms with Gasteiger partial charge in [0.05, 0.1) is 11.6 Å². The number of thiazole rings is 1. The Morgan fingerprint density at radius 1 is 0.828 bits per heavy atom. The minimum Gasteiger partial charge on any atom is -0.301 e. The Morgan fingerprint density at radius 2 is 1.38 bits per heavy atom. The molecule has 144 valence electrons. The van der Waals surface area contributed by atoms with Gasteiger partial charge in [-0.2, -0.15) is 0 Å². The lowest BCUT2D eigenvalue weighted by Crippen LogP contribution is -2.22. The first-order valence-corrected chi connectivity index (χ1v) is 10.4. The molecule has 3 aromatic carbocycles. The molecule has 0 aliphatic carbocycles. The van der Waals surface area contributed by atoms with Crippen molar-refractivity contribution in [3.05, 3.63) is 106 Å². The standard InChI is InChI=1S/C25H22N2OS/c1-17-13-15-21(16-14-17)23-18(2)29-25(26-23)27-24(28)22(19-9-5-3-6-10-19)20-11-7-4-8-12-20/h3-16,22H,1-2H3,(H,26,27,28). The summed E-state index contributed by atoms with van der Waals surface area (Å²) in [6.07, 6.45) is 0. The van der Waals surface area contributed by atoms with E-state index in [1.165, 1.54) is 16.9 Å². The van der Waals surface area contributed by atoms with E-state index < -0.39 is 0 Å². The van der Waals surface area contributed by atoms with Crippen LogP contribution in [0.3, 0.4) is 0 Å². The van der Waals surface area contributed by atoms with E-state index in [0.717, 1.165) is 27.3 Å². The van der Waals surface area contributed by atoms with Crippen LogP contribution in [0.15, 0.2) is 84.9 Å². The molecule has 0 atom stereocenters. The van der Waals surface area contributed by atoms with Crippen molar-refractivity contribution in [1.29, 1.82) is 0 Å². The summed E-state index contributed by atoms with van der Waals surface area (Å²) >= 11 is 1.51. The van der Waals surface area contributed by atoms with Crippen LogP contribution in [0.2, 0.25) is 0 Å². The van der Waals surface area contributed by atoms with E-state index in [0.29, 0.717) is 5.13 Å². The maximum absolute atomic E-state index is 13.3. The van der Waals surface area contributed by atoms with Crippen molar-refractivity contribution >= 4 is 22.4 Å². The van der Waals surface area contributed by atoms with E-state index in [1.54, 1.807) is 0 Å². The lowest BCUT2D eigenvalue weighted by molar-refractivity contribution is -0.116. The molecule has 0 aliphatic heterocycles. The van der Waals surface area contributed by atoms with E-state index in [2.05, 4.69) is 36.5 Å². The largest absolute Gasteiger partial charge is 0.301 e. The number of aryl methyl sites for hydroxylation is 2. The van der Waals surface area contributed by atoms with Crippen molar-refractivity contribution in [1.82, 2.24) is 4.98 Å². The number of anilines is 1. The fourth-order valence-corrected chi connectivity index (χ4v) is 4.23. The second-order valence-electron chi connectivity index (χ2n) is 7.03. The summed E-state index contributed by atoms with van der Waals surface area (Å²) in [5, 5.41) is 3.67. The van der Waals surface area contributed by atoms with Gasteiger partial charge in [-0.25, -0.2) is 4.98 Å². The van der Waals surface area contributed by atoms with Gasteiger partial charge in [0.15, 0.2) is 5.13 Å². The third-order valence-corrected chi connectivity index (χ3v) is 5.77. The highest BCUT2D eigenvalue weighted by atomic mass is 32.1. The number of nitrogens with one attached hydrogen (secondary N) is 1. The number of nitrogens with zero attached hydrogens (tertiary/aromatic N) is 1. The summed E-state index contributed by atoms with van der Waals surface area (Å²) in [7, 11) is 0. The number of benzene rings is 3. The van der Waals surface area contributed by atoms with Crippen molar-refractivity contribution in [2.45, 2.75) is 19.8 Å². The van der Waals surface area contributed by atoms with Crippen LogP contribution in [-0.2, 0) is 4.79 Å². The molecular weight excluding hydrogens is 376 g/mol. The maximum atomic E-state index is 13.3. The predicted molar refractivity (Wildman–Crippen MR) is 120 cm³/mol. The average Bonchev–Trinajstić information content (AvgIpc) is 3.10. The van der Waals surface area contributed by atoms with Crippen molar-refractivity contribution in [3.8, 4) is 11.3 Å². The van der Waals surface area contributed by atoms with Crippen LogP contribution < -0.4 is 5.32 Å². The summed E-state index contributed by atoms with van der Waals surface area (Å²) in [6, 6.07) is 28.0. The van der Waals surface area contributed by atoms with Crippen LogP contribution >= 0.6 is 11.3 Å². The molecule has 0 saturated heterocycles. The molecule has 0 unspecified atom stereocenters. The van der Waals surface area contributed by atoms with Gasteiger partial charge in [-0.05, 0) is 25.0 Å². The maximum Gasteiger partial charge on any atom is 0.238 e. The molecule has 1 N–H and O–H groups in total. The number of aromatic nitrogens is 1. The molecule has 1 amide bonds. The van der Waals surface area contributed by atoms with Crippen molar-refractivity contribution in [2.24, 2.45) is 0 Å². The Balaban J connectivity index is 1.63. The first-order chi connectivity index (χ1) is 14.1. The predicted octanol–water partition coefficient (Wildman–Crippen LogP) is 6.20. The first kappa shape index (κ1) is 19.1. The van der Waals surface area contributed by atoms with E-state index >= 15 is 0 Å². The van der Waals surface area contributed by atoms with Gasteiger partial charge >= 0.3 is 0 Å². The highest BCUT2D eigenvalue weighted by Crippen LogP contribution is 2.32. The Hall–Kier alpha value is -3.24. The number of amides is 1. The van der Waals surface area contributed by atoms with Gasteiger partial charge in [0, 0.05) is 10.4 Å². The van der Waals surface area contributed by atoms with E-state index in [-0.39, 0.29) is 11.8 Å². The molecule has 1 aromatic heterocycles. The molecular formula is C25H22N2OS. The normalized spacial score (nSPS) is 10.9. The Bertz CT molecular complexity index is 1060. The van der Waals surface area contributed by atoms with Crippen LogP contribution in [-0.4, -0.2) is 10.9 Å². The first-order valence-electron chi connectivity index (χ1n) is 9.57. The highest BCUT2D eigenvalue weighted by molar-refractivity contribution is 7.16. The summed E-state index contributed by atoms with van der Waals surface area (Å²) < 4.78 is 0. The monoisotopic (exact) mass is 398 g/mol. The highest BCUT2D eigenvalue weighted by Gasteiger charge is 2.24. The zero-order valence-corrected chi connectivity index (χ0v) is 17.2. The van der Waals surface area contributed by atoms with Gasteiger partial charge in [0.25, 0.3) is 0 Å². The summed E-state index contributed by atoms with van der Waals surface area (Å²) in [5.74, 6) is -0.462. The van der Waals surface area contributed by atoms with Crippen molar-refractivity contribution < 1.29 is 4.79 Å². The lowest BCUT2D eigenvalue weighted by Gasteiger charge is -2.17. The second-order valence-corrected chi connectivity index (χ2v) is 8.24. The van der Waals surface area contributed by atoms with Crippen molar-refractivity contribution in [2.75, 3.05) is 5.32 Å². The Kier molecular flexibility index (Phi) is 5.54. The second kappa shape index (κ2) is 8.41. The molecule has 0 fully saturated rings. The number of hydrogen-bond acceptors (Lipinski definition) is 3. The number of rotatable bonds is 5.